The highest BCUT2D eigenvalue weighted by Gasteiger charge is 2.11. The molecule has 0 atom stereocenters. The topological polar surface area (TPSA) is 64.4 Å². The summed E-state index contributed by atoms with van der Waals surface area (Å²) in [6, 6.07) is 5.00. The maximum absolute atomic E-state index is 11.0. The number of carbonyl (C=O) groups is 1. The zero-order valence-corrected chi connectivity index (χ0v) is 10.3. The summed E-state index contributed by atoms with van der Waals surface area (Å²) in [4.78, 5) is 11.0. The van der Waals surface area contributed by atoms with E-state index in [1.807, 2.05) is 13.2 Å². The normalized spacial score (nSPS) is 10.3. The SMILES string of the molecule is Cc1c(OCc2cnn(C)c2)cccc1C(=O)O. The van der Waals surface area contributed by atoms with Crippen molar-refractivity contribution in [3.63, 3.8) is 0 Å². The number of carboxylic acids is 1. The van der Waals surface area contributed by atoms with Crippen LogP contribution in [0.2, 0.25) is 0 Å². The molecular formula is C13H14N2O3. The molecule has 2 aromatic rings. The smallest absolute Gasteiger partial charge is 0.336 e. The number of aromatic carboxylic acids is 1. The first-order valence-electron chi connectivity index (χ1n) is 5.51. The van der Waals surface area contributed by atoms with Crippen LogP contribution in [0.1, 0.15) is 21.5 Å². The first-order chi connectivity index (χ1) is 8.58. The fourth-order valence-corrected chi connectivity index (χ4v) is 1.71. The Labute approximate surface area is 105 Å². The van der Waals surface area contributed by atoms with Gasteiger partial charge in [0, 0.05) is 24.4 Å². The van der Waals surface area contributed by atoms with Gasteiger partial charge < -0.3 is 9.84 Å². The van der Waals surface area contributed by atoms with Crippen molar-refractivity contribution < 1.29 is 14.6 Å². The van der Waals surface area contributed by atoms with Crippen molar-refractivity contribution in [3.05, 3.63) is 47.3 Å². The number of ether oxygens (including phenoxy) is 1. The highest BCUT2D eigenvalue weighted by Crippen LogP contribution is 2.22. The Morgan fingerprint density at radius 1 is 1.50 bits per heavy atom. The molecule has 2 rings (SSSR count). The third kappa shape index (κ3) is 2.51. The van der Waals surface area contributed by atoms with Crippen LogP contribution in [0.3, 0.4) is 0 Å². The van der Waals surface area contributed by atoms with Crippen LogP contribution in [0.15, 0.2) is 30.6 Å². The van der Waals surface area contributed by atoms with Crippen LogP contribution in [0, 0.1) is 6.92 Å². The minimum absolute atomic E-state index is 0.263. The largest absolute Gasteiger partial charge is 0.488 e. The van der Waals surface area contributed by atoms with E-state index in [9.17, 15) is 4.79 Å². The van der Waals surface area contributed by atoms with Crippen molar-refractivity contribution in [2.45, 2.75) is 13.5 Å². The zero-order chi connectivity index (χ0) is 13.1. The number of hydrogen-bond acceptors (Lipinski definition) is 3. The van der Waals surface area contributed by atoms with Gasteiger partial charge in [0.1, 0.15) is 12.4 Å². The predicted octanol–water partition coefficient (Wildman–Crippen LogP) is 2.01. The second kappa shape index (κ2) is 4.91. The Hall–Kier alpha value is -2.30. The van der Waals surface area contributed by atoms with Gasteiger partial charge in [-0.05, 0) is 19.1 Å². The van der Waals surface area contributed by atoms with E-state index in [4.69, 9.17) is 9.84 Å². The number of carboxylic acid groups (broad SMARTS) is 1. The Bertz CT molecular complexity index is 575. The lowest BCUT2D eigenvalue weighted by atomic mass is 10.1. The molecule has 18 heavy (non-hydrogen) atoms. The average molecular weight is 246 g/mol. The van der Waals surface area contributed by atoms with Gasteiger partial charge in [0.25, 0.3) is 0 Å². The standard InChI is InChI=1S/C13H14N2O3/c1-9-11(13(16)17)4-3-5-12(9)18-8-10-6-14-15(2)7-10/h3-7H,8H2,1-2H3,(H,16,17). The fraction of sp³-hybridized carbons (Fsp3) is 0.231. The Morgan fingerprint density at radius 3 is 2.89 bits per heavy atom. The lowest BCUT2D eigenvalue weighted by Crippen LogP contribution is -2.03. The minimum Gasteiger partial charge on any atom is -0.488 e. The van der Waals surface area contributed by atoms with Crippen LogP contribution in [-0.2, 0) is 13.7 Å². The van der Waals surface area contributed by atoms with Crippen molar-refractivity contribution in [2.24, 2.45) is 7.05 Å². The lowest BCUT2D eigenvalue weighted by Gasteiger charge is -2.09. The summed E-state index contributed by atoms with van der Waals surface area (Å²) in [6.07, 6.45) is 3.58. The Kier molecular flexibility index (Phi) is 3.32. The van der Waals surface area contributed by atoms with Gasteiger partial charge in [-0.3, -0.25) is 4.68 Å². The number of nitrogens with zero attached hydrogens (tertiary/aromatic N) is 2. The molecule has 0 bridgehead atoms. The van der Waals surface area contributed by atoms with Crippen molar-refractivity contribution >= 4 is 5.97 Å². The van der Waals surface area contributed by atoms with Gasteiger partial charge in [0.05, 0.1) is 11.8 Å². The molecule has 0 spiro atoms. The summed E-state index contributed by atoms with van der Waals surface area (Å²) < 4.78 is 7.30. The molecule has 1 aromatic carbocycles. The quantitative estimate of drug-likeness (QED) is 0.896. The van der Waals surface area contributed by atoms with Crippen LogP contribution in [0.4, 0.5) is 0 Å². The van der Waals surface area contributed by atoms with Gasteiger partial charge in [-0.25, -0.2) is 4.79 Å². The summed E-state index contributed by atoms with van der Waals surface area (Å²) >= 11 is 0. The first-order valence-corrected chi connectivity index (χ1v) is 5.51. The van der Waals surface area contributed by atoms with Gasteiger partial charge in [0.2, 0.25) is 0 Å². The molecule has 0 saturated carbocycles. The average Bonchev–Trinajstić information content (AvgIpc) is 2.73. The third-order valence-electron chi connectivity index (χ3n) is 2.67. The van der Waals surface area contributed by atoms with Crippen molar-refractivity contribution in [1.82, 2.24) is 9.78 Å². The maximum atomic E-state index is 11.0. The number of rotatable bonds is 4. The fourth-order valence-electron chi connectivity index (χ4n) is 1.71. The second-order valence-electron chi connectivity index (χ2n) is 4.04. The Morgan fingerprint density at radius 2 is 2.28 bits per heavy atom. The van der Waals surface area contributed by atoms with E-state index in [-0.39, 0.29) is 5.56 Å². The highest BCUT2D eigenvalue weighted by molar-refractivity contribution is 5.90. The number of aromatic nitrogens is 2. The summed E-state index contributed by atoms with van der Waals surface area (Å²) in [5.41, 5.74) is 1.84. The maximum Gasteiger partial charge on any atom is 0.336 e. The molecule has 0 unspecified atom stereocenters. The van der Waals surface area contributed by atoms with Crippen LogP contribution < -0.4 is 4.74 Å². The molecule has 0 radical (unpaired) electrons. The van der Waals surface area contributed by atoms with Crippen molar-refractivity contribution in [1.29, 1.82) is 0 Å². The molecule has 0 aliphatic carbocycles. The monoisotopic (exact) mass is 246 g/mol. The summed E-state index contributed by atoms with van der Waals surface area (Å²) in [6.45, 7) is 2.11. The molecular weight excluding hydrogens is 232 g/mol. The van der Waals surface area contributed by atoms with Crippen LogP contribution >= 0.6 is 0 Å². The minimum atomic E-state index is -0.945. The predicted molar refractivity (Wildman–Crippen MR) is 65.7 cm³/mol. The van der Waals surface area contributed by atoms with Gasteiger partial charge in [-0.1, -0.05) is 6.07 Å². The molecule has 0 aliphatic rings. The summed E-state index contributed by atoms with van der Waals surface area (Å²) in [5.74, 6) is -0.363. The molecule has 5 heteroatoms. The molecule has 1 N–H and O–H groups in total. The van der Waals surface area contributed by atoms with Crippen LogP contribution in [-0.4, -0.2) is 20.9 Å². The van der Waals surface area contributed by atoms with Crippen molar-refractivity contribution in [2.75, 3.05) is 0 Å². The van der Waals surface area contributed by atoms with Gasteiger partial charge in [-0.2, -0.15) is 5.10 Å². The molecule has 94 valence electrons. The molecule has 0 amide bonds. The van der Waals surface area contributed by atoms with E-state index < -0.39 is 5.97 Å². The van der Waals surface area contributed by atoms with Crippen molar-refractivity contribution in [3.8, 4) is 5.75 Å². The van der Waals surface area contributed by atoms with Gasteiger partial charge >= 0.3 is 5.97 Å². The zero-order valence-electron chi connectivity index (χ0n) is 10.3. The summed E-state index contributed by atoms with van der Waals surface area (Å²) in [5, 5.41) is 13.0. The van der Waals surface area contributed by atoms with E-state index in [0.717, 1.165) is 5.56 Å². The highest BCUT2D eigenvalue weighted by atomic mass is 16.5. The van der Waals surface area contributed by atoms with E-state index in [0.29, 0.717) is 17.9 Å². The Balaban J connectivity index is 2.14. The van der Waals surface area contributed by atoms with Gasteiger partial charge in [0.15, 0.2) is 0 Å². The number of benzene rings is 1. The summed E-state index contributed by atoms with van der Waals surface area (Å²) in [7, 11) is 1.83. The lowest BCUT2D eigenvalue weighted by molar-refractivity contribution is 0.0695. The molecule has 1 heterocycles. The number of hydrogen-bond donors (Lipinski definition) is 1. The van der Waals surface area contributed by atoms with E-state index in [1.165, 1.54) is 0 Å². The van der Waals surface area contributed by atoms with Crippen LogP contribution in [0.5, 0.6) is 5.75 Å². The molecule has 0 aliphatic heterocycles. The van der Waals surface area contributed by atoms with Crippen LogP contribution in [0.25, 0.3) is 0 Å². The van der Waals surface area contributed by atoms with E-state index in [2.05, 4.69) is 5.10 Å². The van der Waals surface area contributed by atoms with E-state index >= 15 is 0 Å². The number of aryl methyl sites for hydroxylation is 1. The van der Waals surface area contributed by atoms with Gasteiger partial charge in [-0.15, -0.1) is 0 Å². The molecule has 5 nitrogen and oxygen atoms in total. The molecule has 0 fully saturated rings. The van der Waals surface area contributed by atoms with E-state index in [1.54, 1.807) is 36.0 Å². The third-order valence-corrected chi connectivity index (χ3v) is 2.67. The second-order valence-corrected chi connectivity index (χ2v) is 4.04. The molecule has 0 saturated heterocycles. The molecule has 1 aromatic heterocycles. The first kappa shape index (κ1) is 12.2.